The Bertz CT molecular complexity index is 951. The van der Waals surface area contributed by atoms with Crippen LogP contribution in [0.5, 0.6) is 0 Å². The molecular weight excluding hydrogens is 355 g/mol. The molecule has 0 aliphatic rings. The van der Waals surface area contributed by atoms with E-state index in [0.29, 0.717) is 0 Å². The predicted octanol–water partition coefficient (Wildman–Crippen LogP) is 4.74. The third-order valence-electron chi connectivity index (χ3n) is 3.81. The van der Waals surface area contributed by atoms with E-state index in [1.54, 1.807) is 0 Å². The number of aromatic amines is 1. The molecule has 1 aromatic heterocycles. The quantitative estimate of drug-likeness (QED) is 0.646. The Morgan fingerprint density at radius 1 is 0.885 bits per heavy atom. The number of amides is 1. The average molecular weight is 366 g/mol. The lowest BCUT2D eigenvalue weighted by Gasteiger charge is -2.10. The van der Waals surface area contributed by atoms with Gasteiger partial charge in [0, 0.05) is 11.3 Å². The van der Waals surface area contributed by atoms with Crippen molar-refractivity contribution in [2.45, 2.75) is 6.18 Å². The topological polar surface area (TPSA) is 58.9 Å². The van der Waals surface area contributed by atoms with E-state index in [2.05, 4.69) is 4.98 Å². The van der Waals surface area contributed by atoms with Gasteiger partial charge in [-0.15, -0.1) is 0 Å². The highest BCUT2D eigenvalue weighted by Gasteiger charge is 2.30. The van der Waals surface area contributed by atoms with Gasteiger partial charge in [0.15, 0.2) is 0 Å². The van der Waals surface area contributed by atoms with E-state index in [0.717, 1.165) is 36.4 Å². The summed E-state index contributed by atoms with van der Waals surface area (Å²) in [5.41, 5.74) is 4.21. The van der Waals surface area contributed by atoms with Crippen molar-refractivity contribution in [3.05, 3.63) is 71.4 Å². The van der Waals surface area contributed by atoms with Gasteiger partial charge < -0.3 is 10.7 Å². The molecule has 3 rings (SSSR count). The molecule has 26 heavy (non-hydrogen) atoms. The number of carbonyl (C=O) groups excluding carboxylic acids is 1. The summed E-state index contributed by atoms with van der Waals surface area (Å²) in [6.07, 6.45) is -4.54. The number of carbonyl (C=O) groups is 1. The van der Waals surface area contributed by atoms with Gasteiger partial charge in [-0.3, -0.25) is 4.79 Å². The highest BCUT2D eigenvalue weighted by atomic mass is 19.4. The number of hydrogen-bond donors (Lipinski definition) is 2. The first-order valence-electron chi connectivity index (χ1n) is 7.32. The number of nitrogens with two attached hydrogens (primary N) is 1. The van der Waals surface area contributed by atoms with Crippen LogP contribution in [0.2, 0.25) is 0 Å². The van der Waals surface area contributed by atoms with Gasteiger partial charge in [-0.2, -0.15) is 13.2 Å². The highest BCUT2D eigenvalue weighted by Crippen LogP contribution is 2.34. The first kappa shape index (κ1) is 17.7. The largest absolute Gasteiger partial charge is 0.416 e. The lowest BCUT2D eigenvalue weighted by molar-refractivity contribution is -0.137. The van der Waals surface area contributed by atoms with E-state index < -0.39 is 34.8 Å². The number of nitrogens with one attached hydrogen (secondary N) is 1. The summed E-state index contributed by atoms with van der Waals surface area (Å²) in [4.78, 5) is 13.7. The summed E-state index contributed by atoms with van der Waals surface area (Å²) in [5.74, 6) is -2.62. The summed E-state index contributed by atoms with van der Waals surface area (Å²) in [7, 11) is 0. The second-order valence-electron chi connectivity index (χ2n) is 5.54. The van der Waals surface area contributed by atoms with Crippen LogP contribution in [0.25, 0.3) is 22.4 Å². The van der Waals surface area contributed by atoms with Crippen molar-refractivity contribution < 1.29 is 26.7 Å². The predicted molar refractivity (Wildman–Crippen MR) is 85.1 cm³/mol. The molecule has 0 aliphatic heterocycles. The minimum atomic E-state index is -4.54. The van der Waals surface area contributed by atoms with Gasteiger partial charge in [0.1, 0.15) is 17.3 Å². The summed E-state index contributed by atoms with van der Waals surface area (Å²) >= 11 is 0. The van der Waals surface area contributed by atoms with E-state index in [1.807, 2.05) is 0 Å². The van der Waals surface area contributed by atoms with Crippen molar-refractivity contribution in [3.8, 4) is 22.4 Å². The number of aromatic nitrogens is 1. The van der Waals surface area contributed by atoms with Crippen LogP contribution >= 0.6 is 0 Å². The van der Waals surface area contributed by atoms with Crippen LogP contribution in [0, 0.1) is 11.6 Å². The lowest BCUT2D eigenvalue weighted by atomic mass is 10.00. The molecule has 0 spiro atoms. The van der Waals surface area contributed by atoms with E-state index in [-0.39, 0.29) is 22.5 Å². The van der Waals surface area contributed by atoms with E-state index >= 15 is 0 Å². The Hall–Kier alpha value is -3.16. The molecule has 8 heteroatoms. The molecule has 0 bridgehead atoms. The van der Waals surface area contributed by atoms with Gasteiger partial charge in [-0.05, 0) is 42.0 Å². The van der Waals surface area contributed by atoms with Gasteiger partial charge in [0.25, 0.3) is 5.91 Å². The van der Waals surface area contributed by atoms with E-state index in [1.165, 1.54) is 12.1 Å². The van der Waals surface area contributed by atoms with Crippen molar-refractivity contribution in [3.63, 3.8) is 0 Å². The van der Waals surface area contributed by atoms with Gasteiger partial charge in [-0.1, -0.05) is 12.1 Å². The molecule has 3 N–H and O–H groups in total. The van der Waals surface area contributed by atoms with Crippen LogP contribution in [-0.4, -0.2) is 10.9 Å². The molecule has 0 saturated carbocycles. The fourth-order valence-electron chi connectivity index (χ4n) is 2.54. The second-order valence-corrected chi connectivity index (χ2v) is 5.54. The van der Waals surface area contributed by atoms with Crippen molar-refractivity contribution in [2.24, 2.45) is 5.73 Å². The first-order chi connectivity index (χ1) is 12.2. The lowest BCUT2D eigenvalue weighted by Crippen LogP contribution is -2.10. The van der Waals surface area contributed by atoms with Crippen molar-refractivity contribution in [2.75, 3.05) is 0 Å². The normalized spacial score (nSPS) is 11.6. The molecule has 0 atom stereocenters. The molecular formula is C18H11F5N2O. The maximum absolute atomic E-state index is 14.4. The Kier molecular flexibility index (Phi) is 4.27. The number of hydrogen-bond acceptors (Lipinski definition) is 1. The van der Waals surface area contributed by atoms with Crippen molar-refractivity contribution in [1.29, 1.82) is 0 Å². The third-order valence-corrected chi connectivity index (χ3v) is 3.81. The maximum Gasteiger partial charge on any atom is 0.416 e. The molecule has 2 aromatic carbocycles. The van der Waals surface area contributed by atoms with Crippen molar-refractivity contribution in [1.82, 2.24) is 4.98 Å². The van der Waals surface area contributed by atoms with E-state index in [9.17, 15) is 26.7 Å². The van der Waals surface area contributed by atoms with Crippen LogP contribution < -0.4 is 5.73 Å². The van der Waals surface area contributed by atoms with Crippen LogP contribution in [0.4, 0.5) is 22.0 Å². The van der Waals surface area contributed by atoms with E-state index in [4.69, 9.17) is 5.73 Å². The molecule has 0 unspecified atom stereocenters. The number of alkyl halides is 3. The minimum absolute atomic E-state index is 0.0242. The summed E-state index contributed by atoms with van der Waals surface area (Å²) in [5, 5.41) is 0. The molecule has 134 valence electrons. The standard InChI is InChI=1S/C18H11F5N2O/c19-12-7-10(14-5-6-15(25-14)17(24)26)8-13(20)16(12)9-1-3-11(4-2-9)18(21,22)23/h1-8,25H,(H2,24,26). The molecule has 0 fully saturated rings. The monoisotopic (exact) mass is 366 g/mol. The van der Waals surface area contributed by atoms with Gasteiger partial charge in [0.05, 0.1) is 11.1 Å². The Balaban J connectivity index is 2.01. The van der Waals surface area contributed by atoms with Crippen LogP contribution in [0.1, 0.15) is 16.1 Å². The Morgan fingerprint density at radius 3 is 1.92 bits per heavy atom. The molecule has 0 saturated heterocycles. The molecule has 3 nitrogen and oxygen atoms in total. The number of rotatable bonds is 3. The van der Waals surface area contributed by atoms with Crippen LogP contribution in [0.3, 0.4) is 0 Å². The smallest absolute Gasteiger partial charge is 0.364 e. The molecule has 1 heterocycles. The Morgan fingerprint density at radius 2 is 1.46 bits per heavy atom. The van der Waals surface area contributed by atoms with Crippen LogP contribution in [0.15, 0.2) is 48.5 Å². The zero-order chi connectivity index (χ0) is 19.1. The molecule has 0 aliphatic carbocycles. The van der Waals surface area contributed by atoms with Gasteiger partial charge in [-0.25, -0.2) is 8.78 Å². The third kappa shape index (κ3) is 3.30. The zero-order valence-electron chi connectivity index (χ0n) is 13.0. The van der Waals surface area contributed by atoms with Crippen LogP contribution in [-0.2, 0) is 6.18 Å². The molecule has 1 amide bonds. The van der Waals surface area contributed by atoms with Gasteiger partial charge in [0.2, 0.25) is 0 Å². The fraction of sp³-hybridized carbons (Fsp3) is 0.0556. The number of H-pyrrole nitrogens is 1. The second kappa shape index (κ2) is 6.29. The number of benzene rings is 2. The van der Waals surface area contributed by atoms with Gasteiger partial charge >= 0.3 is 6.18 Å². The summed E-state index contributed by atoms with van der Waals surface area (Å²) in [6.45, 7) is 0. The number of halogens is 5. The van der Waals surface area contributed by atoms with Crippen molar-refractivity contribution >= 4 is 5.91 Å². The average Bonchev–Trinajstić information content (AvgIpc) is 3.04. The number of primary amides is 1. The summed E-state index contributed by atoms with van der Waals surface area (Å²) in [6, 6.07) is 8.37. The maximum atomic E-state index is 14.4. The highest BCUT2D eigenvalue weighted by molar-refractivity contribution is 5.92. The fourth-order valence-corrected chi connectivity index (χ4v) is 2.54. The molecule has 0 radical (unpaired) electrons. The minimum Gasteiger partial charge on any atom is -0.364 e. The molecule has 3 aromatic rings. The first-order valence-corrected chi connectivity index (χ1v) is 7.32. The summed E-state index contributed by atoms with van der Waals surface area (Å²) < 4.78 is 66.6. The SMILES string of the molecule is NC(=O)c1ccc(-c2cc(F)c(-c3ccc(C(F)(F)F)cc3)c(F)c2)[nH]1. The Labute approximate surface area is 144 Å². The zero-order valence-corrected chi connectivity index (χ0v) is 13.0.